The Kier molecular flexibility index (Phi) is 2.86. The van der Waals surface area contributed by atoms with Gasteiger partial charge in [-0.05, 0) is 12.1 Å². The Hall–Kier alpha value is -2.24. The minimum Gasteiger partial charge on any atom is -0.497 e. The number of carboxylic acid groups (broad SMARTS) is 1. The van der Waals surface area contributed by atoms with Gasteiger partial charge in [0, 0.05) is 6.07 Å². The fourth-order valence-corrected chi connectivity index (χ4v) is 1.67. The van der Waals surface area contributed by atoms with Crippen molar-refractivity contribution in [2.24, 2.45) is 0 Å². The highest BCUT2D eigenvalue weighted by Crippen LogP contribution is 2.31. The lowest BCUT2D eigenvalue weighted by molar-refractivity contribution is -0.138. The van der Waals surface area contributed by atoms with E-state index in [4.69, 9.17) is 9.84 Å². The average molecular weight is 236 g/mol. The predicted octanol–water partition coefficient (Wildman–Crippen LogP) is 0.902. The lowest BCUT2D eigenvalue weighted by atomic mass is 10.1. The van der Waals surface area contributed by atoms with Gasteiger partial charge in [0.05, 0.1) is 24.9 Å². The van der Waals surface area contributed by atoms with Gasteiger partial charge in [-0.15, -0.1) is 0 Å². The number of methoxy groups -OCH3 is 1. The second-order valence-electron chi connectivity index (χ2n) is 3.70. The van der Waals surface area contributed by atoms with Crippen molar-refractivity contribution in [3.63, 3.8) is 0 Å². The van der Waals surface area contributed by atoms with Crippen molar-refractivity contribution in [3.8, 4) is 5.75 Å². The van der Waals surface area contributed by atoms with Crippen molar-refractivity contribution in [1.29, 1.82) is 0 Å². The quantitative estimate of drug-likeness (QED) is 0.725. The SMILES string of the molecule is COc1ccc2c(c1)NC(=O)C(CC(=O)O)N2. The zero-order valence-corrected chi connectivity index (χ0v) is 9.19. The Bertz CT molecular complexity index is 473. The van der Waals surface area contributed by atoms with E-state index in [1.807, 2.05) is 0 Å². The number of hydrogen-bond acceptors (Lipinski definition) is 4. The monoisotopic (exact) mass is 236 g/mol. The first-order valence-corrected chi connectivity index (χ1v) is 5.07. The second-order valence-corrected chi connectivity index (χ2v) is 3.70. The van der Waals surface area contributed by atoms with Crippen LogP contribution in [-0.2, 0) is 9.59 Å². The summed E-state index contributed by atoms with van der Waals surface area (Å²) in [6.45, 7) is 0. The van der Waals surface area contributed by atoms with E-state index in [0.29, 0.717) is 17.1 Å². The Morgan fingerprint density at radius 3 is 2.88 bits per heavy atom. The second kappa shape index (κ2) is 4.32. The van der Waals surface area contributed by atoms with Crippen LogP contribution in [0.2, 0.25) is 0 Å². The number of fused-ring (bicyclic) bond motifs is 1. The summed E-state index contributed by atoms with van der Waals surface area (Å²) in [7, 11) is 1.53. The van der Waals surface area contributed by atoms with Crippen LogP contribution in [-0.4, -0.2) is 30.1 Å². The Labute approximate surface area is 97.6 Å². The summed E-state index contributed by atoms with van der Waals surface area (Å²) in [5, 5.41) is 14.2. The number of amides is 1. The van der Waals surface area contributed by atoms with Gasteiger partial charge in [0.15, 0.2) is 0 Å². The fraction of sp³-hybridized carbons (Fsp3) is 0.273. The summed E-state index contributed by atoms with van der Waals surface area (Å²) >= 11 is 0. The number of ether oxygens (including phenoxy) is 1. The topological polar surface area (TPSA) is 87.7 Å². The van der Waals surface area contributed by atoms with Crippen molar-refractivity contribution in [2.45, 2.75) is 12.5 Å². The van der Waals surface area contributed by atoms with Gasteiger partial charge in [0.25, 0.3) is 0 Å². The standard InChI is InChI=1S/C11H12N2O4/c1-17-6-2-3-7-8(4-6)13-11(16)9(12-7)5-10(14)15/h2-4,9,12H,5H2,1H3,(H,13,16)(H,14,15). The van der Waals surface area contributed by atoms with Crippen LogP contribution < -0.4 is 15.4 Å². The Morgan fingerprint density at radius 1 is 1.47 bits per heavy atom. The maximum atomic E-state index is 11.6. The molecule has 2 rings (SSSR count). The molecule has 0 bridgehead atoms. The molecule has 0 spiro atoms. The number of hydrogen-bond donors (Lipinski definition) is 3. The molecule has 6 heteroatoms. The molecule has 90 valence electrons. The van der Waals surface area contributed by atoms with E-state index in [1.54, 1.807) is 18.2 Å². The van der Waals surface area contributed by atoms with E-state index in [-0.39, 0.29) is 12.3 Å². The summed E-state index contributed by atoms with van der Waals surface area (Å²) in [6.07, 6.45) is -0.253. The first-order valence-electron chi connectivity index (χ1n) is 5.07. The van der Waals surface area contributed by atoms with Crippen LogP contribution in [0.4, 0.5) is 11.4 Å². The number of aliphatic carboxylic acids is 1. The molecule has 3 N–H and O–H groups in total. The smallest absolute Gasteiger partial charge is 0.305 e. The predicted molar refractivity (Wildman–Crippen MR) is 61.3 cm³/mol. The van der Waals surface area contributed by atoms with Gasteiger partial charge >= 0.3 is 5.97 Å². The zero-order chi connectivity index (χ0) is 12.4. The number of anilines is 2. The van der Waals surface area contributed by atoms with Crippen molar-refractivity contribution in [2.75, 3.05) is 17.7 Å². The van der Waals surface area contributed by atoms with Gasteiger partial charge in [-0.1, -0.05) is 0 Å². The van der Waals surface area contributed by atoms with Gasteiger partial charge in [-0.2, -0.15) is 0 Å². The molecule has 1 amide bonds. The number of nitrogens with one attached hydrogen (secondary N) is 2. The van der Waals surface area contributed by atoms with E-state index in [0.717, 1.165) is 0 Å². The first kappa shape index (κ1) is 11.3. The lowest BCUT2D eigenvalue weighted by Crippen LogP contribution is -2.40. The van der Waals surface area contributed by atoms with Crippen LogP contribution in [0, 0.1) is 0 Å². The van der Waals surface area contributed by atoms with Crippen LogP contribution in [0.3, 0.4) is 0 Å². The molecule has 1 aromatic carbocycles. The number of rotatable bonds is 3. The molecule has 0 saturated heterocycles. The van der Waals surface area contributed by atoms with Crippen molar-refractivity contribution < 1.29 is 19.4 Å². The maximum absolute atomic E-state index is 11.6. The Morgan fingerprint density at radius 2 is 2.24 bits per heavy atom. The third-order valence-corrected chi connectivity index (χ3v) is 2.51. The molecule has 0 aromatic heterocycles. The minimum atomic E-state index is -1.02. The molecule has 1 unspecified atom stereocenters. The minimum absolute atomic E-state index is 0.253. The molecule has 17 heavy (non-hydrogen) atoms. The summed E-state index contributed by atoms with van der Waals surface area (Å²) < 4.78 is 5.03. The normalized spacial score (nSPS) is 17.7. The van der Waals surface area contributed by atoms with Gasteiger partial charge in [0.2, 0.25) is 5.91 Å². The van der Waals surface area contributed by atoms with Crippen LogP contribution in [0.15, 0.2) is 18.2 Å². The molecule has 6 nitrogen and oxygen atoms in total. The summed E-state index contributed by atoms with van der Waals surface area (Å²) in [5.74, 6) is -0.745. The highest BCUT2D eigenvalue weighted by molar-refractivity contribution is 6.04. The summed E-state index contributed by atoms with van der Waals surface area (Å²) in [5.41, 5.74) is 1.28. The van der Waals surface area contributed by atoms with E-state index in [1.165, 1.54) is 7.11 Å². The number of benzene rings is 1. The lowest BCUT2D eigenvalue weighted by Gasteiger charge is -2.26. The van der Waals surface area contributed by atoms with E-state index >= 15 is 0 Å². The largest absolute Gasteiger partial charge is 0.497 e. The highest BCUT2D eigenvalue weighted by Gasteiger charge is 2.27. The highest BCUT2D eigenvalue weighted by atomic mass is 16.5. The number of carbonyl (C=O) groups is 2. The van der Waals surface area contributed by atoms with Gasteiger partial charge in [-0.3, -0.25) is 9.59 Å². The zero-order valence-electron chi connectivity index (χ0n) is 9.19. The van der Waals surface area contributed by atoms with Crippen molar-refractivity contribution >= 4 is 23.3 Å². The average Bonchev–Trinajstić information content (AvgIpc) is 2.29. The maximum Gasteiger partial charge on any atom is 0.305 e. The summed E-state index contributed by atoms with van der Waals surface area (Å²) in [6, 6.07) is 4.41. The molecule has 1 heterocycles. The van der Waals surface area contributed by atoms with Gasteiger partial charge in [0.1, 0.15) is 11.8 Å². The van der Waals surface area contributed by atoms with E-state index in [9.17, 15) is 9.59 Å². The molecule has 0 fully saturated rings. The number of carbonyl (C=O) groups excluding carboxylic acids is 1. The molecule has 1 aromatic rings. The van der Waals surface area contributed by atoms with Crippen LogP contribution >= 0.6 is 0 Å². The van der Waals surface area contributed by atoms with Crippen LogP contribution in [0.25, 0.3) is 0 Å². The van der Waals surface area contributed by atoms with Crippen molar-refractivity contribution in [1.82, 2.24) is 0 Å². The molecule has 1 aliphatic rings. The Balaban J connectivity index is 2.23. The third-order valence-electron chi connectivity index (χ3n) is 2.51. The van der Waals surface area contributed by atoms with Gasteiger partial charge < -0.3 is 20.5 Å². The molecule has 1 atom stereocenters. The summed E-state index contributed by atoms with van der Waals surface area (Å²) in [4.78, 5) is 22.2. The van der Waals surface area contributed by atoms with Crippen LogP contribution in [0.5, 0.6) is 5.75 Å². The molecule has 0 saturated carbocycles. The first-order chi connectivity index (χ1) is 8.10. The number of carboxylic acids is 1. The van der Waals surface area contributed by atoms with Gasteiger partial charge in [-0.25, -0.2) is 0 Å². The van der Waals surface area contributed by atoms with E-state index < -0.39 is 12.0 Å². The molecule has 0 aliphatic carbocycles. The van der Waals surface area contributed by atoms with Crippen molar-refractivity contribution in [3.05, 3.63) is 18.2 Å². The van der Waals surface area contributed by atoms with E-state index in [2.05, 4.69) is 10.6 Å². The third kappa shape index (κ3) is 2.30. The molecule has 0 radical (unpaired) electrons. The van der Waals surface area contributed by atoms with Crippen LogP contribution in [0.1, 0.15) is 6.42 Å². The molecule has 1 aliphatic heterocycles. The molecular formula is C11H12N2O4. The molecular weight excluding hydrogens is 224 g/mol. The fourth-order valence-electron chi connectivity index (χ4n) is 1.67.